The molecular formula is C16H16N2O3. The van der Waals surface area contributed by atoms with Gasteiger partial charge in [-0.05, 0) is 44.2 Å². The molecule has 1 aromatic carbocycles. The molecule has 0 saturated carbocycles. The van der Waals surface area contributed by atoms with E-state index in [4.69, 9.17) is 9.47 Å². The molecule has 21 heavy (non-hydrogen) atoms. The average molecular weight is 284 g/mol. The molecule has 2 heterocycles. The maximum Gasteiger partial charge on any atom is 0.231 e. The minimum absolute atomic E-state index is 0.0732. The molecule has 3 rings (SSSR count). The van der Waals surface area contributed by atoms with Crippen LogP contribution in [-0.2, 0) is 7.05 Å². The number of ketones is 1. The number of nitrogens with zero attached hydrogens (tertiary/aromatic N) is 2. The second-order valence-corrected chi connectivity index (χ2v) is 4.97. The van der Waals surface area contributed by atoms with Gasteiger partial charge in [-0.1, -0.05) is 0 Å². The molecule has 108 valence electrons. The summed E-state index contributed by atoms with van der Waals surface area (Å²) in [5, 5.41) is 4.33. The molecule has 0 atom stereocenters. The summed E-state index contributed by atoms with van der Waals surface area (Å²) >= 11 is 0. The lowest BCUT2D eigenvalue weighted by molar-refractivity contribution is 0.104. The van der Waals surface area contributed by atoms with Crippen molar-refractivity contribution in [2.24, 2.45) is 7.05 Å². The van der Waals surface area contributed by atoms with E-state index < -0.39 is 0 Å². The van der Waals surface area contributed by atoms with Gasteiger partial charge in [0.2, 0.25) is 6.79 Å². The third-order valence-electron chi connectivity index (χ3n) is 3.62. The van der Waals surface area contributed by atoms with Crippen LogP contribution in [0.4, 0.5) is 0 Å². The van der Waals surface area contributed by atoms with Crippen LogP contribution < -0.4 is 9.47 Å². The molecule has 0 radical (unpaired) electrons. The molecule has 0 saturated heterocycles. The Morgan fingerprint density at radius 2 is 2.05 bits per heavy atom. The van der Waals surface area contributed by atoms with Crippen LogP contribution in [0, 0.1) is 13.8 Å². The Kier molecular flexibility index (Phi) is 3.25. The van der Waals surface area contributed by atoms with E-state index in [9.17, 15) is 4.79 Å². The van der Waals surface area contributed by atoms with E-state index in [1.54, 1.807) is 29.0 Å². The number of aromatic nitrogens is 2. The second kappa shape index (κ2) is 5.09. The summed E-state index contributed by atoms with van der Waals surface area (Å²) in [6.45, 7) is 4.11. The zero-order valence-electron chi connectivity index (χ0n) is 12.2. The summed E-state index contributed by atoms with van der Waals surface area (Å²) in [7, 11) is 1.89. The predicted octanol–water partition coefficient (Wildman–Crippen LogP) is 2.66. The highest BCUT2D eigenvalue weighted by atomic mass is 16.7. The molecular weight excluding hydrogens is 268 g/mol. The first-order chi connectivity index (χ1) is 10.1. The van der Waals surface area contributed by atoms with Crippen LogP contribution in [0.5, 0.6) is 11.5 Å². The fourth-order valence-electron chi connectivity index (χ4n) is 2.34. The topological polar surface area (TPSA) is 53.4 Å². The van der Waals surface area contributed by atoms with Gasteiger partial charge in [-0.25, -0.2) is 0 Å². The van der Waals surface area contributed by atoms with Crippen LogP contribution in [-0.4, -0.2) is 22.4 Å². The Labute approximate surface area is 122 Å². The van der Waals surface area contributed by atoms with Crippen LogP contribution in [0.25, 0.3) is 6.08 Å². The Bertz CT molecular complexity index is 744. The van der Waals surface area contributed by atoms with E-state index in [2.05, 4.69) is 5.10 Å². The zero-order chi connectivity index (χ0) is 15.0. The van der Waals surface area contributed by atoms with Crippen molar-refractivity contribution in [3.63, 3.8) is 0 Å². The van der Waals surface area contributed by atoms with Crippen LogP contribution in [0.3, 0.4) is 0 Å². The van der Waals surface area contributed by atoms with Crippen LogP contribution >= 0.6 is 0 Å². The van der Waals surface area contributed by atoms with E-state index in [0.717, 1.165) is 17.0 Å². The Morgan fingerprint density at radius 3 is 2.76 bits per heavy atom. The summed E-state index contributed by atoms with van der Waals surface area (Å²) in [5.41, 5.74) is 3.49. The second-order valence-electron chi connectivity index (χ2n) is 4.97. The molecule has 0 N–H and O–H groups in total. The van der Waals surface area contributed by atoms with Crippen molar-refractivity contribution in [3.05, 3.63) is 46.8 Å². The number of benzene rings is 1. The highest BCUT2D eigenvalue weighted by Gasteiger charge is 2.15. The van der Waals surface area contributed by atoms with Gasteiger partial charge in [0.05, 0.1) is 5.69 Å². The number of carbonyl (C=O) groups is 1. The number of hydrogen-bond donors (Lipinski definition) is 0. The van der Waals surface area contributed by atoms with Gasteiger partial charge >= 0.3 is 0 Å². The first kappa shape index (κ1) is 13.4. The molecule has 0 unspecified atom stereocenters. The highest BCUT2D eigenvalue weighted by Crippen LogP contribution is 2.32. The standard InChI is InChI=1S/C16H16N2O3/c1-10-13(11(2)18(3)17-10)5-6-14(19)12-4-7-15-16(8-12)21-9-20-15/h4-8H,9H2,1-3H3. The van der Waals surface area contributed by atoms with Crippen molar-refractivity contribution in [2.45, 2.75) is 13.8 Å². The minimum atomic E-state index is -0.0732. The predicted molar refractivity (Wildman–Crippen MR) is 78.6 cm³/mol. The number of fused-ring (bicyclic) bond motifs is 1. The fourth-order valence-corrected chi connectivity index (χ4v) is 2.34. The average Bonchev–Trinajstić information content (AvgIpc) is 3.02. The Morgan fingerprint density at radius 1 is 1.29 bits per heavy atom. The number of allylic oxidation sites excluding steroid dienone is 1. The molecule has 0 amide bonds. The lowest BCUT2D eigenvalue weighted by atomic mass is 10.1. The van der Waals surface area contributed by atoms with Crippen molar-refractivity contribution >= 4 is 11.9 Å². The first-order valence-corrected chi connectivity index (χ1v) is 6.68. The summed E-state index contributed by atoms with van der Waals surface area (Å²) in [5.74, 6) is 1.22. The van der Waals surface area contributed by atoms with Gasteiger partial charge in [0.15, 0.2) is 17.3 Å². The van der Waals surface area contributed by atoms with Gasteiger partial charge in [0, 0.05) is 23.9 Å². The maximum absolute atomic E-state index is 12.2. The smallest absolute Gasteiger partial charge is 0.231 e. The minimum Gasteiger partial charge on any atom is -0.454 e. The molecule has 0 aliphatic carbocycles. The quantitative estimate of drug-likeness (QED) is 0.642. The van der Waals surface area contributed by atoms with Crippen molar-refractivity contribution in [1.29, 1.82) is 0 Å². The van der Waals surface area contributed by atoms with Crippen molar-refractivity contribution in [1.82, 2.24) is 9.78 Å². The summed E-state index contributed by atoms with van der Waals surface area (Å²) in [6.07, 6.45) is 3.37. The SMILES string of the molecule is Cc1nn(C)c(C)c1C=CC(=O)c1ccc2c(c1)OCO2. The molecule has 1 aliphatic heterocycles. The third kappa shape index (κ3) is 2.42. The van der Waals surface area contributed by atoms with Gasteiger partial charge in [0.1, 0.15) is 0 Å². The Hall–Kier alpha value is -2.56. The van der Waals surface area contributed by atoms with Crippen LogP contribution in [0.1, 0.15) is 27.3 Å². The van der Waals surface area contributed by atoms with Crippen molar-refractivity contribution < 1.29 is 14.3 Å². The summed E-state index contributed by atoms with van der Waals surface area (Å²) in [4.78, 5) is 12.2. The van der Waals surface area contributed by atoms with E-state index >= 15 is 0 Å². The van der Waals surface area contributed by atoms with Crippen LogP contribution in [0.15, 0.2) is 24.3 Å². The van der Waals surface area contributed by atoms with E-state index in [1.165, 1.54) is 0 Å². The van der Waals surface area contributed by atoms with Gasteiger partial charge in [-0.3, -0.25) is 9.48 Å². The van der Waals surface area contributed by atoms with E-state index in [1.807, 2.05) is 27.0 Å². The first-order valence-electron chi connectivity index (χ1n) is 6.68. The molecule has 0 spiro atoms. The highest BCUT2D eigenvalue weighted by molar-refractivity contribution is 6.07. The molecule has 5 nitrogen and oxygen atoms in total. The third-order valence-corrected chi connectivity index (χ3v) is 3.62. The fraction of sp³-hybridized carbons (Fsp3) is 0.250. The zero-order valence-corrected chi connectivity index (χ0v) is 12.2. The van der Waals surface area contributed by atoms with Crippen molar-refractivity contribution in [2.75, 3.05) is 6.79 Å². The van der Waals surface area contributed by atoms with Gasteiger partial charge in [0.25, 0.3) is 0 Å². The number of aryl methyl sites for hydroxylation is 2. The number of ether oxygens (including phenoxy) is 2. The monoisotopic (exact) mass is 284 g/mol. The summed E-state index contributed by atoms with van der Waals surface area (Å²) < 4.78 is 12.3. The molecule has 1 aromatic heterocycles. The van der Waals surface area contributed by atoms with E-state index in [-0.39, 0.29) is 12.6 Å². The molecule has 0 fully saturated rings. The van der Waals surface area contributed by atoms with Gasteiger partial charge < -0.3 is 9.47 Å². The summed E-state index contributed by atoms with van der Waals surface area (Å²) in [6, 6.07) is 5.20. The normalized spacial score (nSPS) is 13.1. The molecule has 2 aromatic rings. The van der Waals surface area contributed by atoms with Crippen LogP contribution in [0.2, 0.25) is 0 Å². The molecule has 1 aliphatic rings. The Balaban J connectivity index is 1.84. The number of carbonyl (C=O) groups excluding carboxylic acids is 1. The molecule has 5 heteroatoms. The molecule has 0 bridgehead atoms. The largest absolute Gasteiger partial charge is 0.454 e. The maximum atomic E-state index is 12.2. The van der Waals surface area contributed by atoms with E-state index in [0.29, 0.717) is 17.1 Å². The lowest BCUT2D eigenvalue weighted by Gasteiger charge is -1.99. The van der Waals surface area contributed by atoms with Crippen molar-refractivity contribution in [3.8, 4) is 11.5 Å². The lowest BCUT2D eigenvalue weighted by Crippen LogP contribution is -1.95. The number of rotatable bonds is 3. The van der Waals surface area contributed by atoms with Gasteiger partial charge in [-0.2, -0.15) is 5.10 Å². The van der Waals surface area contributed by atoms with Gasteiger partial charge in [-0.15, -0.1) is 0 Å². The number of hydrogen-bond acceptors (Lipinski definition) is 4.